The first-order valence-electron chi connectivity index (χ1n) is 13.2. The summed E-state index contributed by atoms with van der Waals surface area (Å²) >= 11 is 0. The average molecular weight is 572 g/mol. The highest BCUT2D eigenvalue weighted by molar-refractivity contribution is 6.31. The van der Waals surface area contributed by atoms with Crippen molar-refractivity contribution in [2.75, 3.05) is 6.54 Å². The number of alkyl halides is 5. The third-order valence-corrected chi connectivity index (χ3v) is 7.48. The van der Waals surface area contributed by atoms with Crippen LogP contribution in [-0.4, -0.2) is 64.2 Å². The van der Waals surface area contributed by atoms with Crippen LogP contribution in [0.2, 0.25) is 0 Å². The van der Waals surface area contributed by atoms with Crippen LogP contribution in [0, 0.1) is 23.2 Å². The normalized spacial score (nSPS) is 24.4. The number of aryl methyl sites for hydroxylation is 1. The molecular weight excluding hydrogens is 539 g/mol. The van der Waals surface area contributed by atoms with Gasteiger partial charge in [-0.3, -0.25) is 19.6 Å². The predicted molar refractivity (Wildman–Crippen MR) is 135 cm³/mol. The van der Waals surface area contributed by atoms with E-state index in [-0.39, 0.29) is 49.7 Å². The molecule has 2 amide bonds. The van der Waals surface area contributed by atoms with E-state index in [1.54, 1.807) is 17.6 Å². The van der Waals surface area contributed by atoms with Gasteiger partial charge in [0.1, 0.15) is 17.6 Å². The molecule has 218 valence electrons. The van der Waals surface area contributed by atoms with Gasteiger partial charge in [0, 0.05) is 44.5 Å². The molecule has 1 aliphatic carbocycles. The zero-order valence-corrected chi connectivity index (χ0v) is 21.8. The quantitative estimate of drug-likeness (QED) is 0.281. The molecule has 0 spiro atoms. The third-order valence-electron chi connectivity index (χ3n) is 7.48. The van der Waals surface area contributed by atoms with Gasteiger partial charge in [0.15, 0.2) is 0 Å². The molecule has 3 atom stereocenters. The molecule has 1 saturated carbocycles. The smallest absolute Gasteiger partial charge is 0.355 e. The number of aromatic nitrogens is 2. The lowest BCUT2D eigenvalue weighted by Gasteiger charge is -2.33. The van der Waals surface area contributed by atoms with Crippen LogP contribution in [0.1, 0.15) is 55.9 Å². The second-order valence-electron chi connectivity index (χ2n) is 10.3. The van der Waals surface area contributed by atoms with E-state index in [4.69, 9.17) is 5.41 Å². The van der Waals surface area contributed by atoms with Crippen LogP contribution in [0.4, 0.5) is 22.0 Å². The number of halogens is 5. The number of hydrogen-bond donors (Lipinski definition) is 4. The van der Waals surface area contributed by atoms with Crippen LogP contribution in [0.3, 0.4) is 0 Å². The van der Waals surface area contributed by atoms with Crippen molar-refractivity contribution in [1.29, 1.82) is 5.41 Å². The molecule has 2 fully saturated rings. The Balaban J connectivity index is 1.43. The first-order valence-corrected chi connectivity index (χ1v) is 13.2. The number of hydrogen-bond acceptors (Lipinski definition) is 6. The highest BCUT2D eigenvalue weighted by Gasteiger charge is 2.45. The molecule has 0 aromatic carbocycles. The fourth-order valence-electron chi connectivity index (χ4n) is 5.22. The Labute approximate surface area is 227 Å². The minimum atomic E-state index is -4.44. The van der Waals surface area contributed by atoms with Gasteiger partial charge in [-0.15, -0.1) is 0 Å². The van der Waals surface area contributed by atoms with Gasteiger partial charge in [-0.1, -0.05) is 0 Å². The van der Waals surface area contributed by atoms with Gasteiger partial charge in [-0.25, -0.2) is 8.78 Å². The molecule has 4 rings (SSSR count). The number of piperidine rings is 1. The Hall–Kier alpha value is -3.49. The van der Waals surface area contributed by atoms with Crippen molar-refractivity contribution in [3.63, 3.8) is 0 Å². The fourth-order valence-corrected chi connectivity index (χ4v) is 5.22. The molecular formula is C25H32F5N8O2+. The number of nitrogens with zero attached hydrogens (tertiary/aromatic N) is 4. The van der Waals surface area contributed by atoms with E-state index in [1.807, 2.05) is 6.92 Å². The monoisotopic (exact) mass is 571 g/mol. The van der Waals surface area contributed by atoms with E-state index >= 15 is 0 Å². The Morgan fingerprint density at radius 3 is 2.77 bits per heavy atom. The largest absolute Gasteiger partial charge is 0.393 e. The van der Waals surface area contributed by atoms with Gasteiger partial charge < -0.3 is 16.0 Å². The molecule has 15 heteroatoms. The average Bonchev–Trinajstić information content (AvgIpc) is 3.56. The number of carbonyl (C=O) groups is 2. The van der Waals surface area contributed by atoms with Gasteiger partial charge in [0.2, 0.25) is 11.8 Å². The molecule has 10 nitrogen and oxygen atoms in total. The third kappa shape index (κ3) is 7.17. The van der Waals surface area contributed by atoms with Gasteiger partial charge in [0.25, 0.3) is 5.91 Å². The maximum atomic E-state index is 13.8. The molecule has 1 aromatic heterocycles. The maximum Gasteiger partial charge on any atom is 0.393 e. The number of quaternary nitrogens is 1. The number of aliphatic imine (C=N–C) groups is 2. The van der Waals surface area contributed by atoms with Crippen molar-refractivity contribution in [2.45, 2.75) is 70.1 Å². The Bertz CT molecular complexity index is 1210. The number of amides is 2. The first-order chi connectivity index (χ1) is 18.9. The zero-order valence-electron chi connectivity index (χ0n) is 21.8. The summed E-state index contributed by atoms with van der Waals surface area (Å²) in [5.74, 6) is -6.48. The number of carbonyl (C=O) groups excluding carboxylic acids is 2. The van der Waals surface area contributed by atoms with E-state index in [9.17, 15) is 31.5 Å². The minimum Gasteiger partial charge on any atom is -0.355 e. The molecule has 3 aliphatic rings. The molecule has 40 heavy (non-hydrogen) atoms. The number of guanidine groups is 1. The first kappa shape index (κ1) is 29.5. The van der Waals surface area contributed by atoms with Crippen molar-refractivity contribution < 1.29 is 36.9 Å². The molecule has 0 bridgehead atoms. The van der Waals surface area contributed by atoms with Gasteiger partial charge in [-0.2, -0.15) is 28.3 Å². The van der Waals surface area contributed by atoms with Crippen LogP contribution in [0.5, 0.6) is 0 Å². The number of nitrogens with one attached hydrogen (secondary N) is 3. The van der Waals surface area contributed by atoms with Crippen molar-refractivity contribution in [1.82, 2.24) is 20.4 Å². The Morgan fingerprint density at radius 2 is 2.10 bits per heavy atom. The van der Waals surface area contributed by atoms with E-state index in [0.717, 1.165) is 6.21 Å². The summed E-state index contributed by atoms with van der Waals surface area (Å²) in [4.78, 5) is 33.7. The molecule has 0 unspecified atom stereocenters. The molecule has 5 N–H and O–H groups in total. The standard InChI is InChI=1S/C25H31F5N8O2/c1-2-38-19(5-8-35-38)22(40)37-20(14-3-6-24(26,27)7-4-14)18-13-34-23(36-18)33-12-17(31)10-15-9-16(25(28,29)30)11-32-21(15)39/h5,8,12-16,20,31H,2-4,6-7,9-11H2,1H3,(H,32,39)(H,34,36)(H,37,40)/p+1/b31-17?,33-12-/t15-,16-,20+/m1/s1. The predicted octanol–water partition coefficient (Wildman–Crippen LogP) is 2.40. The summed E-state index contributed by atoms with van der Waals surface area (Å²) in [5.41, 5.74) is 0.607. The highest BCUT2D eigenvalue weighted by Crippen LogP contribution is 2.39. The van der Waals surface area contributed by atoms with Crippen molar-refractivity contribution >= 4 is 29.7 Å². The summed E-state index contributed by atoms with van der Waals surface area (Å²) < 4.78 is 68.4. The summed E-state index contributed by atoms with van der Waals surface area (Å²) in [5, 5.41) is 18.9. The van der Waals surface area contributed by atoms with Gasteiger partial charge in [-0.05, 0) is 38.2 Å². The summed E-state index contributed by atoms with van der Waals surface area (Å²) in [7, 11) is 0. The summed E-state index contributed by atoms with van der Waals surface area (Å²) in [6.45, 7) is 1.83. The zero-order chi connectivity index (χ0) is 29.1. The van der Waals surface area contributed by atoms with Crippen molar-refractivity contribution in [3.8, 4) is 0 Å². The molecule has 3 heterocycles. The topological polar surface area (TPSA) is 141 Å². The maximum absolute atomic E-state index is 13.8. The Morgan fingerprint density at radius 1 is 1.38 bits per heavy atom. The molecule has 1 saturated heterocycles. The molecule has 1 aromatic rings. The van der Waals surface area contributed by atoms with Gasteiger partial charge in [0.05, 0.1) is 23.9 Å². The SMILES string of the molecule is CCn1nccc1C(=O)N[C@H](C1=C[NH2+]C(/N=C\C(=N)C[C@H]2C[C@@H](C(F)(F)F)CNC2=O)=N1)C1CCC(F)(F)CC1. The van der Waals surface area contributed by atoms with Crippen LogP contribution >= 0.6 is 0 Å². The van der Waals surface area contributed by atoms with E-state index in [0.29, 0.717) is 17.9 Å². The van der Waals surface area contributed by atoms with Crippen LogP contribution in [-0.2, 0) is 11.3 Å². The van der Waals surface area contributed by atoms with E-state index in [2.05, 4.69) is 25.7 Å². The Kier molecular flexibility index (Phi) is 8.80. The van der Waals surface area contributed by atoms with Crippen LogP contribution in [0.25, 0.3) is 0 Å². The lowest BCUT2D eigenvalue weighted by molar-refractivity contribution is -0.459. The summed E-state index contributed by atoms with van der Waals surface area (Å²) in [6, 6.07) is 0.895. The lowest BCUT2D eigenvalue weighted by Crippen LogP contribution is -2.80. The van der Waals surface area contributed by atoms with Crippen LogP contribution < -0.4 is 16.0 Å². The second kappa shape index (κ2) is 11.9. The van der Waals surface area contributed by atoms with E-state index in [1.165, 1.54) is 10.9 Å². The molecule has 0 radical (unpaired) electrons. The number of rotatable bonds is 8. The fraction of sp³-hybridized carbons (Fsp3) is 0.600. The highest BCUT2D eigenvalue weighted by atomic mass is 19.4. The minimum absolute atomic E-state index is 0.139. The summed E-state index contributed by atoms with van der Waals surface area (Å²) in [6.07, 6.45) is -1.04. The lowest BCUT2D eigenvalue weighted by atomic mass is 9.81. The second-order valence-corrected chi connectivity index (χ2v) is 10.3. The number of nitrogens with two attached hydrogens (primary N) is 1. The van der Waals surface area contributed by atoms with Crippen LogP contribution in [0.15, 0.2) is 34.1 Å². The molecule has 2 aliphatic heterocycles. The van der Waals surface area contributed by atoms with Crippen molar-refractivity contribution in [2.24, 2.45) is 27.7 Å². The van der Waals surface area contributed by atoms with Gasteiger partial charge >= 0.3 is 12.1 Å². The van der Waals surface area contributed by atoms with E-state index < -0.39 is 54.8 Å². The van der Waals surface area contributed by atoms with Crippen molar-refractivity contribution in [3.05, 3.63) is 29.9 Å².